The Morgan fingerprint density at radius 1 is 1.44 bits per heavy atom. The minimum Gasteiger partial charge on any atom is -0.337 e. The fraction of sp³-hybridized carbons (Fsp3) is 0.526. The van der Waals surface area contributed by atoms with Gasteiger partial charge in [0.25, 0.3) is 0 Å². The number of carbonyl (C=O) groups is 2. The lowest BCUT2D eigenvalue weighted by atomic mass is 10.1. The summed E-state index contributed by atoms with van der Waals surface area (Å²) in [7, 11) is 1.70. The van der Waals surface area contributed by atoms with E-state index in [2.05, 4.69) is 29.0 Å². The van der Waals surface area contributed by atoms with E-state index in [1.54, 1.807) is 29.2 Å². The Labute approximate surface area is 158 Å². The van der Waals surface area contributed by atoms with Crippen LogP contribution in [0.25, 0.3) is 0 Å². The van der Waals surface area contributed by atoms with Gasteiger partial charge in [0, 0.05) is 45.4 Å². The van der Waals surface area contributed by atoms with Crippen LogP contribution >= 0.6 is 0 Å². The topological polar surface area (TPSA) is 92.4 Å². The van der Waals surface area contributed by atoms with Crippen LogP contribution in [0, 0.1) is 11.8 Å². The van der Waals surface area contributed by atoms with Crippen molar-refractivity contribution in [3.05, 3.63) is 41.8 Å². The maximum absolute atomic E-state index is 12.7. The number of pyridine rings is 1. The SMILES string of the molecule is CC(C)Cc1noc(CN(C)C(=O)C2CC(=O)N(Cc3cccnc3)C2)n1. The van der Waals surface area contributed by atoms with E-state index in [1.807, 2.05) is 12.1 Å². The molecule has 3 rings (SSSR count). The lowest BCUT2D eigenvalue weighted by Crippen LogP contribution is -2.34. The fourth-order valence-electron chi connectivity index (χ4n) is 3.20. The Morgan fingerprint density at radius 3 is 2.96 bits per heavy atom. The molecule has 2 aromatic rings. The number of hydrogen-bond donors (Lipinski definition) is 0. The summed E-state index contributed by atoms with van der Waals surface area (Å²) in [5, 5.41) is 3.94. The monoisotopic (exact) mass is 371 g/mol. The summed E-state index contributed by atoms with van der Waals surface area (Å²) >= 11 is 0. The van der Waals surface area contributed by atoms with Gasteiger partial charge in [0.05, 0.1) is 12.5 Å². The number of nitrogens with zero attached hydrogens (tertiary/aromatic N) is 5. The Balaban J connectivity index is 1.55. The summed E-state index contributed by atoms with van der Waals surface area (Å²) in [6, 6.07) is 3.76. The van der Waals surface area contributed by atoms with Crippen LogP contribution < -0.4 is 0 Å². The molecule has 3 heterocycles. The number of rotatable bonds is 7. The van der Waals surface area contributed by atoms with Crippen molar-refractivity contribution in [1.29, 1.82) is 0 Å². The Morgan fingerprint density at radius 2 is 2.26 bits per heavy atom. The molecule has 1 atom stereocenters. The minimum atomic E-state index is -0.350. The number of hydrogen-bond acceptors (Lipinski definition) is 6. The van der Waals surface area contributed by atoms with Crippen molar-refractivity contribution in [3.63, 3.8) is 0 Å². The molecule has 0 aromatic carbocycles. The highest BCUT2D eigenvalue weighted by Gasteiger charge is 2.36. The molecule has 0 N–H and O–H groups in total. The first kappa shape index (κ1) is 19.0. The summed E-state index contributed by atoms with van der Waals surface area (Å²) in [4.78, 5) is 36.7. The van der Waals surface area contributed by atoms with Gasteiger partial charge in [-0.2, -0.15) is 4.98 Å². The molecular formula is C19H25N5O3. The summed E-state index contributed by atoms with van der Waals surface area (Å²) in [6.07, 6.45) is 4.40. The van der Waals surface area contributed by atoms with Gasteiger partial charge in [0.2, 0.25) is 17.7 Å². The van der Waals surface area contributed by atoms with Crippen LogP contribution in [0.15, 0.2) is 29.0 Å². The summed E-state index contributed by atoms with van der Waals surface area (Å²) in [6.45, 7) is 5.30. The van der Waals surface area contributed by atoms with E-state index in [-0.39, 0.29) is 30.7 Å². The number of likely N-dealkylation sites (tertiary alicyclic amines) is 1. The molecule has 1 aliphatic heterocycles. The van der Waals surface area contributed by atoms with Crippen molar-refractivity contribution >= 4 is 11.8 Å². The molecule has 8 heteroatoms. The van der Waals surface area contributed by atoms with E-state index in [0.717, 1.165) is 12.0 Å². The normalized spacial score (nSPS) is 17.0. The zero-order valence-electron chi connectivity index (χ0n) is 16.0. The van der Waals surface area contributed by atoms with Crippen LogP contribution in [0.3, 0.4) is 0 Å². The van der Waals surface area contributed by atoms with Crippen LogP contribution in [0.5, 0.6) is 0 Å². The molecule has 1 unspecified atom stereocenters. The summed E-state index contributed by atoms with van der Waals surface area (Å²) in [5.41, 5.74) is 0.954. The zero-order chi connectivity index (χ0) is 19.4. The first-order valence-electron chi connectivity index (χ1n) is 9.15. The van der Waals surface area contributed by atoms with Crippen molar-refractivity contribution < 1.29 is 14.1 Å². The minimum absolute atomic E-state index is 0.0115. The second-order valence-electron chi connectivity index (χ2n) is 7.43. The van der Waals surface area contributed by atoms with E-state index in [9.17, 15) is 9.59 Å². The lowest BCUT2D eigenvalue weighted by Gasteiger charge is -2.20. The molecule has 0 bridgehead atoms. The predicted octanol–water partition coefficient (Wildman–Crippen LogP) is 1.67. The van der Waals surface area contributed by atoms with Crippen LogP contribution in [-0.2, 0) is 29.1 Å². The highest BCUT2D eigenvalue weighted by atomic mass is 16.5. The molecule has 1 saturated heterocycles. The molecule has 8 nitrogen and oxygen atoms in total. The van der Waals surface area contributed by atoms with E-state index < -0.39 is 0 Å². The van der Waals surface area contributed by atoms with E-state index in [0.29, 0.717) is 30.7 Å². The Bertz CT molecular complexity index is 790. The zero-order valence-corrected chi connectivity index (χ0v) is 16.0. The molecule has 27 heavy (non-hydrogen) atoms. The lowest BCUT2D eigenvalue weighted by molar-refractivity contribution is -0.135. The van der Waals surface area contributed by atoms with Crippen molar-refractivity contribution in [2.75, 3.05) is 13.6 Å². The van der Waals surface area contributed by atoms with Gasteiger partial charge in [-0.1, -0.05) is 25.1 Å². The molecule has 1 aliphatic rings. The summed E-state index contributed by atoms with van der Waals surface area (Å²) < 4.78 is 5.23. The quantitative estimate of drug-likeness (QED) is 0.735. The smallest absolute Gasteiger partial charge is 0.246 e. The van der Waals surface area contributed by atoms with Crippen LogP contribution in [0.1, 0.15) is 37.5 Å². The Kier molecular flexibility index (Phi) is 5.83. The first-order valence-corrected chi connectivity index (χ1v) is 9.15. The largest absolute Gasteiger partial charge is 0.337 e. The maximum Gasteiger partial charge on any atom is 0.246 e. The second-order valence-corrected chi connectivity index (χ2v) is 7.43. The molecule has 1 fully saturated rings. The number of aromatic nitrogens is 3. The molecule has 0 aliphatic carbocycles. The highest BCUT2D eigenvalue weighted by molar-refractivity contribution is 5.89. The van der Waals surface area contributed by atoms with Gasteiger partial charge in [-0.05, 0) is 17.5 Å². The highest BCUT2D eigenvalue weighted by Crippen LogP contribution is 2.22. The first-order chi connectivity index (χ1) is 12.9. The van der Waals surface area contributed by atoms with Crippen molar-refractivity contribution in [2.24, 2.45) is 11.8 Å². The van der Waals surface area contributed by atoms with Crippen LogP contribution in [0.2, 0.25) is 0 Å². The third-order valence-corrected chi connectivity index (χ3v) is 4.51. The van der Waals surface area contributed by atoms with Crippen molar-refractivity contribution in [2.45, 2.75) is 39.8 Å². The molecule has 0 radical (unpaired) electrons. The average molecular weight is 371 g/mol. The van der Waals surface area contributed by atoms with Gasteiger partial charge in [-0.25, -0.2) is 0 Å². The molecule has 144 valence electrons. The molecule has 0 saturated carbocycles. The van der Waals surface area contributed by atoms with Crippen LogP contribution in [-0.4, -0.2) is 50.3 Å². The third kappa shape index (κ3) is 4.90. The van der Waals surface area contributed by atoms with E-state index in [1.165, 1.54) is 0 Å². The Hall–Kier alpha value is -2.77. The molecule has 0 spiro atoms. The predicted molar refractivity (Wildman–Crippen MR) is 97.1 cm³/mol. The molecular weight excluding hydrogens is 346 g/mol. The summed E-state index contributed by atoms with van der Waals surface area (Å²) in [5.74, 6) is 1.06. The standard InChI is InChI=1S/C19H25N5O3/c1-13(2)7-16-21-17(27-22-16)12-23(3)19(26)15-8-18(25)24(11-15)10-14-5-4-6-20-9-14/h4-6,9,13,15H,7-8,10-12H2,1-3H3. The second kappa shape index (κ2) is 8.28. The van der Waals surface area contributed by atoms with Gasteiger partial charge < -0.3 is 14.3 Å². The van der Waals surface area contributed by atoms with Crippen LogP contribution in [0.4, 0.5) is 0 Å². The average Bonchev–Trinajstić information content (AvgIpc) is 3.21. The van der Waals surface area contributed by atoms with Gasteiger partial charge in [-0.3, -0.25) is 14.6 Å². The number of amides is 2. The van der Waals surface area contributed by atoms with Gasteiger partial charge in [0.15, 0.2) is 5.82 Å². The van der Waals surface area contributed by atoms with Crippen molar-refractivity contribution in [3.8, 4) is 0 Å². The van der Waals surface area contributed by atoms with E-state index >= 15 is 0 Å². The number of carbonyl (C=O) groups excluding carboxylic acids is 2. The molecule has 2 aromatic heterocycles. The molecule has 2 amide bonds. The van der Waals surface area contributed by atoms with Gasteiger partial charge >= 0.3 is 0 Å². The van der Waals surface area contributed by atoms with Gasteiger partial charge in [0.1, 0.15) is 0 Å². The van der Waals surface area contributed by atoms with Crippen molar-refractivity contribution in [1.82, 2.24) is 24.9 Å². The maximum atomic E-state index is 12.7. The third-order valence-electron chi connectivity index (χ3n) is 4.51. The van der Waals surface area contributed by atoms with Gasteiger partial charge in [-0.15, -0.1) is 0 Å². The fourth-order valence-corrected chi connectivity index (χ4v) is 3.20. The van der Waals surface area contributed by atoms with E-state index in [4.69, 9.17) is 4.52 Å².